The minimum Gasteiger partial charge on any atom is -0.375 e. The molecule has 0 bridgehead atoms. The third kappa shape index (κ3) is 5.07. The highest BCUT2D eigenvalue weighted by Crippen LogP contribution is 2.18. The SMILES string of the molecule is C[C@H]1OCCN[C@@H]1C(=O)Nc1cccc(C(=O)N(C)c2ccccc2)c1.Cl. The number of nitrogens with zero attached hydrogens (tertiary/aromatic N) is 1. The molecule has 2 atom stereocenters. The van der Waals surface area contributed by atoms with Crippen LogP contribution < -0.4 is 15.5 Å². The van der Waals surface area contributed by atoms with Crippen LogP contribution in [0, 0.1) is 0 Å². The van der Waals surface area contributed by atoms with Gasteiger partial charge in [-0.3, -0.25) is 9.59 Å². The Hall–Kier alpha value is -2.41. The van der Waals surface area contributed by atoms with E-state index in [1.165, 1.54) is 0 Å². The first kappa shape index (κ1) is 20.9. The number of carbonyl (C=O) groups excluding carboxylic acids is 2. The minimum atomic E-state index is -0.407. The van der Waals surface area contributed by atoms with Crippen molar-refractivity contribution < 1.29 is 14.3 Å². The van der Waals surface area contributed by atoms with Crippen molar-refractivity contribution in [3.8, 4) is 0 Å². The van der Waals surface area contributed by atoms with Crippen LogP contribution in [0.15, 0.2) is 54.6 Å². The van der Waals surface area contributed by atoms with Gasteiger partial charge in [0.15, 0.2) is 0 Å². The molecule has 2 aromatic carbocycles. The molecule has 0 spiro atoms. The van der Waals surface area contributed by atoms with Crippen LogP contribution in [-0.4, -0.2) is 44.2 Å². The van der Waals surface area contributed by atoms with E-state index in [9.17, 15) is 9.59 Å². The first-order valence-electron chi connectivity index (χ1n) is 8.65. The van der Waals surface area contributed by atoms with Gasteiger partial charge in [0, 0.05) is 30.5 Å². The van der Waals surface area contributed by atoms with Crippen LogP contribution in [-0.2, 0) is 9.53 Å². The first-order valence-corrected chi connectivity index (χ1v) is 8.65. The average Bonchev–Trinajstić information content (AvgIpc) is 2.68. The van der Waals surface area contributed by atoms with Gasteiger partial charge in [0.25, 0.3) is 5.91 Å². The van der Waals surface area contributed by atoms with Crippen LogP contribution in [0.25, 0.3) is 0 Å². The number of para-hydroxylation sites is 1. The maximum Gasteiger partial charge on any atom is 0.258 e. The standard InChI is InChI=1S/C20H23N3O3.ClH/c1-14-18(21-11-12-26-14)19(24)22-16-8-6-7-15(13-16)20(25)23(2)17-9-4-3-5-10-17;/h3-10,13-14,18,21H,11-12H2,1-2H3,(H,22,24);1H/t14-,18+;/m1./s1. The number of halogens is 1. The fourth-order valence-electron chi connectivity index (χ4n) is 2.94. The van der Waals surface area contributed by atoms with Crippen LogP contribution in [0.2, 0.25) is 0 Å². The third-order valence-corrected chi connectivity index (χ3v) is 4.42. The van der Waals surface area contributed by atoms with Gasteiger partial charge in [-0.15, -0.1) is 12.4 Å². The van der Waals surface area contributed by atoms with E-state index in [0.29, 0.717) is 24.4 Å². The minimum absolute atomic E-state index is 0. The molecule has 0 aromatic heterocycles. The van der Waals surface area contributed by atoms with E-state index < -0.39 is 6.04 Å². The van der Waals surface area contributed by atoms with Crippen molar-refractivity contribution >= 4 is 35.6 Å². The molecule has 2 aromatic rings. The van der Waals surface area contributed by atoms with Crippen LogP contribution in [0.1, 0.15) is 17.3 Å². The largest absolute Gasteiger partial charge is 0.375 e. The van der Waals surface area contributed by atoms with E-state index in [-0.39, 0.29) is 30.3 Å². The van der Waals surface area contributed by atoms with Gasteiger partial charge in [0.05, 0.1) is 12.7 Å². The zero-order valence-corrected chi connectivity index (χ0v) is 16.2. The number of ether oxygens (including phenoxy) is 1. The van der Waals surface area contributed by atoms with E-state index >= 15 is 0 Å². The van der Waals surface area contributed by atoms with Crippen LogP contribution >= 0.6 is 12.4 Å². The smallest absolute Gasteiger partial charge is 0.258 e. The van der Waals surface area contributed by atoms with E-state index in [4.69, 9.17) is 4.74 Å². The molecule has 0 unspecified atom stereocenters. The number of amides is 2. The van der Waals surface area contributed by atoms with Gasteiger partial charge in [-0.25, -0.2) is 0 Å². The van der Waals surface area contributed by atoms with Crippen molar-refractivity contribution in [1.82, 2.24) is 5.32 Å². The summed E-state index contributed by atoms with van der Waals surface area (Å²) in [6, 6.07) is 16.0. The predicted octanol–water partition coefficient (Wildman–Crippen LogP) is 2.70. The Morgan fingerprint density at radius 2 is 1.89 bits per heavy atom. The van der Waals surface area contributed by atoms with E-state index in [1.54, 1.807) is 36.2 Å². The highest BCUT2D eigenvalue weighted by molar-refractivity contribution is 6.06. The van der Waals surface area contributed by atoms with E-state index in [0.717, 1.165) is 5.69 Å². The second-order valence-corrected chi connectivity index (χ2v) is 6.28. The molecule has 2 N–H and O–H groups in total. The molecule has 1 saturated heterocycles. The lowest BCUT2D eigenvalue weighted by Gasteiger charge is -2.29. The number of rotatable bonds is 4. The van der Waals surface area contributed by atoms with E-state index in [1.807, 2.05) is 37.3 Å². The summed E-state index contributed by atoms with van der Waals surface area (Å²) in [4.78, 5) is 26.8. The molecule has 2 amide bonds. The molecule has 1 aliphatic rings. The lowest BCUT2D eigenvalue weighted by Crippen LogP contribution is -2.53. The Morgan fingerprint density at radius 1 is 1.15 bits per heavy atom. The highest BCUT2D eigenvalue weighted by atomic mass is 35.5. The quantitative estimate of drug-likeness (QED) is 0.843. The van der Waals surface area contributed by atoms with Crippen LogP contribution in [0.3, 0.4) is 0 Å². The van der Waals surface area contributed by atoms with Gasteiger partial charge in [0.1, 0.15) is 6.04 Å². The second kappa shape index (κ2) is 9.50. The molecule has 1 heterocycles. The number of anilines is 2. The summed E-state index contributed by atoms with van der Waals surface area (Å²) in [5.74, 6) is -0.307. The normalized spacial score (nSPS) is 18.9. The molecule has 144 valence electrons. The monoisotopic (exact) mass is 389 g/mol. The summed E-state index contributed by atoms with van der Waals surface area (Å²) < 4.78 is 5.51. The van der Waals surface area contributed by atoms with Gasteiger partial charge < -0.3 is 20.3 Å². The first-order chi connectivity index (χ1) is 12.6. The number of nitrogens with one attached hydrogen (secondary N) is 2. The summed E-state index contributed by atoms with van der Waals surface area (Å²) in [5.41, 5.74) is 1.90. The van der Waals surface area contributed by atoms with Crippen LogP contribution in [0.5, 0.6) is 0 Å². The van der Waals surface area contributed by atoms with Gasteiger partial charge in [0.2, 0.25) is 5.91 Å². The molecule has 0 aliphatic carbocycles. The molecule has 6 nitrogen and oxygen atoms in total. The number of benzene rings is 2. The highest BCUT2D eigenvalue weighted by Gasteiger charge is 2.28. The Kier molecular flexibility index (Phi) is 7.36. The topological polar surface area (TPSA) is 70.7 Å². The van der Waals surface area contributed by atoms with Gasteiger partial charge in [-0.2, -0.15) is 0 Å². The van der Waals surface area contributed by atoms with Crippen molar-refractivity contribution in [2.24, 2.45) is 0 Å². The second-order valence-electron chi connectivity index (χ2n) is 6.28. The molecule has 7 heteroatoms. The van der Waals surface area contributed by atoms with Crippen molar-refractivity contribution in [2.45, 2.75) is 19.1 Å². The number of hydrogen-bond donors (Lipinski definition) is 2. The van der Waals surface area contributed by atoms with Crippen molar-refractivity contribution in [1.29, 1.82) is 0 Å². The molecule has 0 saturated carbocycles. The molecule has 0 radical (unpaired) electrons. The van der Waals surface area contributed by atoms with E-state index in [2.05, 4.69) is 10.6 Å². The maximum absolute atomic E-state index is 12.7. The Bertz CT molecular complexity index is 785. The van der Waals surface area contributed by atoms with Crippen molar-refractivity contribution in [3.05, 3.63) is 60.2 Å². The summed E-state index contributed by atoms with van der Waals surface area (Å²) >= 11 is 0. The third-order valence-electron chi connectivity index (χ3n) is 4.42. The van der Waals surface area contributed by atoms with Crippen molar-refractivity contribution in [2.75, 3.05) is 30.4 Å². The summed E-state index contributed by atoms with van der Waals surface area (Å²) in [7, 11) is 1.73. The lowest BCUT2D eigenvalue weighted by atomic mass is 10.1. The van der Waals surface area contributed by atoms with Crippen molar-refractivity contribution in [3.63, 3.8) is 0 Å². The van der Waals surface area contributed by atoms with Gasteiger partial charge in [-0.1, -0.05) is 24.3 Å². The molecule has 1 fully saturated rings. The summed E-state index contributed by atoms with van der Waals surface area (Å²) in [5, 5.41) is 6.02. The predicted molar refractivity (Wildman–Crippen MR) is 109 cm³/mol. The summed E-state index contributed by atoms with van der Waals surface area (Å²) in [6.07, 6.45) is -0.197. The zero-order valence-electron chi connectivity index (χ0n) is 15.3. The zero-order chi connectivity index (χ0) is 18.5. The summed E-state index contributed by atoms with van der Waals surface area (Å²) in [6.45, 7) is 3.11. The molecular weight excluding hydrogens is 366 g/mol. The number of morpholine rings is 1. The lowest BCUT2D eigenvalue weighted by molar-refractivity contribution is -0.123. The molecule has 3 rings (SSSR count). The number of carbonyl (C=O) groups is 2. The van der Waals surface area contributed by atoms with Crippen LogP contribution in [0.4, 0.5) is 11.4 Å². The fraction of sp³-hybridized carbons (Fsp3) is 0.300. The van der Waals surface area contributed by atoms with Gasteiger partial charge in [-0.05, 0) is 37.3 Å². The van der Waals surface area contributed by atoms with Gasteiger partial charge >= 0.3 is 0 Å². The average molecular weight is 390 g/mol. The molecular formula is C20H24ClN3O3. The Morgan fingerprint density at radius 3 is 2.59 bits per heavy atom. The maximum atomic E-state index is 12.7. The Labute approximate surface area is 165 Å². The molecule has 1 aliphatic heterocycles. The number of hydrogen-bond acceptors (Lipinski definition) is 4. The fourth-order valence-corrected chi connectivity index (χ4v) is 2.94. The molecule has 27 heavy (non-hydrogen) atoms. The Balaban J connectivity index is 0.00000261.